The Balaban J connectivity index is 1.48. The molecule has 0 bridgehead atoms. The van der Waals surface area contributed by atoms with E-state index in [9.17, 15) is 0 Å². The quantitative estimate of drug-likeness (QED) is 0.579. The van der Waals surface area contributed by atoms with Gasteiger partial charge in [-0.1, -0.05) is 51.0 Å². The first kappa shape index (κ1) is 19.8. The number of para-hydroxylation sites is 1. The zero-order valence-electron chi connectivity index (χ0n) is 17.8. The summed E-state index contributed by atoms with van der Waals surface area (Å²) in [6.45, 7) is 7.26. The monoisotopic (exact) mass is 388 g/mol. The molecule has 1 fully saturated rings. The first-order valence-electron chi connectivity index (χ1n) is 10.9. The smallest absolute Gasteiger partial charge is 0.0936 e. The third kappa shape index (κ3) is 4.76. The maximum Gasteiger partial charge on any atom is 0.0936 e. The van der Waals surface area contributed by atoms with Crippen molar-refractivity contribution in [2.24, 2.45) is 0 Å². The zero-order valence-corrected chi connectivity index (χ0v) is 17.8. The molecule has 2 unspecified atom stereocenters. The van der Waals surface area contributed by atoms with Gasteiger partial charge in [-0.25, -0.2) is 0 Å². The van der Waals surface area contributed by atoms with E-state index in [0.717, 1.165) is 29.1 Å². The molecule has 4 nitrogen and oxygen atoms in total. The molecule has 0 aliphatic heterocycles. The van der Waals surface area contributed by atoms with Crippen LogP contribution in [0.1, 0.15) is 62.5 Å². The lowest BCUT2D eigenvalue weighted by Crippen LogP contribution is -2.46. The van der Waals surface area contributed by atoms with Gasteiger partial charge in [0.15, 0.2) is 0 Å². The molecule has 1 aliphatic carbocycles. The lowest BCUT2D eigenvalue weighted by atomic mass is 9.90. The van der Waals surface area contributed by atoms with Gasteiger partial charge < -0.3 is 10.6 Å². The molecule has 0 saturated heterocycles. The lowest BCUT2D eigenvalue weighted by Gasteiger charge is -2.34. The molecule has 1 saturated carbocycles. The van der Waals surface area contributed by atoms with Gasteiger partial charge in [0.1, 0.15) is 0 Å². The van der Waals surface area contributed by atoms with Crippen molar-refractivity contribution in [2.45, 2.75) is 71.0 Å². The summed E-state index contributed by atoms with van der Waals surface area (Å²) >= 11 is 0. The molecule has 4 rings (SSSR count). The molecule has 3 aromatic rings. The maximum absolute atomic E-state index is 4.82. The van der Waals surface area contributed by atoms with E-state index in [1.54, 1.807) is 0 Å². The molecule has 0 radical (unpaired) electrons. The molecule has 152 valence electrons. The molecule has 29 heavy (non-hydrogen) atoms. The van der Waals surface area contributed by atoms with Crippen LogP contribution in [0.15, 0.2) is 48.5 Å². The Morgan fingerprint density at radius 2 is 1.72 bits per heavy atom. The number of benzene rings is 1. The summed E-state index contributed by atoms with van der Waals surface area (Å²) in [7, 11) is 0. The predicted molar refractivity (Wildman–Crippen MR) is 121 cm³/mol. The van der Waals surface area contributed by atoms with Crippen LogP contribution in [0.5, 0.6) is 0 Å². The van der Waals surface area contributed by atoms with Gasteiger partial charge in [0.25, 0.3) is 0 Å². The van der Waals surface area contributed by atoms with E-state index in [-0.39, 0.29) is 0 Å². The number of anilines is 1. The molecule has 0 spiro atoms. The highest BCUT2D eigenvalue weighted by molar-refractivity contribution is 5.90. The summed E-state index contributed by atoms with van der Waals surface area (Å²) in [6, 6.07) is 17.9. The Morgan fingerprint density at radius 1 is 0.931 bits per heavy atom. The molecule has 1 aliphatic rings. The first-order valence-corrected chi connectivity index (χ1v) is 10.9. The fourth-order valence-corrected chi connectivity index (χ4v) is 4.26. The summed E-state index contributed by atoms with van der Waals surface area (Å²) in [5.41, 5.74) is 5.57. The summed E-state index contributed by atoms with van der Waals surface area (Å²) in [5, 5.41) is 8.80. The molecule has 2 N–H and O–H groups in total. The van der Waals surface area contributed by atoms with E-state index in [1.165, 1.54) is 36.8 Å². The summed E-state index contributed by atoms with van der Waals surface area (Å²) in [4.78, 5) is 9.62. The largest absolute Gasteiger partial charge is 0.379 e. The van der Waals surface area contributed by atoms with Gasteiger partial charge >= 0.3 is 0 Å². The highest BCUT2D eigenvalue weighted by Gasteiger charge is 2.25. The van der Waals surface area contributed by atoms with Crippen molar-refractivity contribution >= 4 is 16.6 Å². The van der Waals surface area contributed by atoms with Gasteiger partial charge in [0, 0.05) is 35.4 Å². The zero-order chi connectivity index (χ0) is 20.2. The van der Waals surface area contributed by atoms with Gasteiger partial charge in [0.2, 0.25) is 0 Å². The van der Waals surface area contributed by atoms with Gasteiger partial charge in [-0.05, 0) is 49.9 Å². The number of nitrogens with zero attached hydrogens (tertiary/aromatic N) is 2. The highest BCUT2D eigenvalue weighted by atomic mass is 15.0. The molecule has 2 atom stereocenters. The number of fused-ring (bicyclic) bond motifs is 1. The molecule has 0 amide bonds. The number of pyridine rings is 2. The summed E-state index contributed by atoms with van der Waals surface area (Å²) in [6.07, 6.45) is 4.93. The van der Waals surface area contributed by atoms with Crippen molar-refractivity contribution in [1.29, 1.82) is 0 Å². The molecular formula is C25H32N4. The average Bonchev–Trinajstić information content (AvgIpc) is 2.74. The van der Waals surface area contributed by atoms with E-state index >= 15 is 0 Å². The average molecular weight is 389 g/mol. The Kier molecular flexibility index (Phi) is 6.10. The van der Waals surface area contributed by atoms with Crippen molar-refractivity contribution in [3.05, 3.63) is 65.6 Å². The number of rotatable bonds is 6. The van der Waals surface area contributed by atoms with Gasteiger partial charge in [0.05, 0.1) is 16.9 Å². The van der Waals surface area contributed by atoms with Crippen LogP contribution in [-0.2, 0) is 6.54 Å². The fourth-order valence-electron chi connectivity index (χ4n) is 4.26. The second-order valence-electron chi connectivity index (χ2n) is 8.56. The molecule has 1 aromatic carbocycles. The van der Waals surface area contributed by atoms with Crippen molar-refractivity contribution in [3.8, 4) is 0 Å². The van der Waals surface area contributed by atoms with E-state index in [2.05, 4.69) is 79.9 Å². The van der Waals surface area contributed by atoms with Crippen LogP contribution in [0.4, 0.5) is 5.69 Å². The minimum atomic E-state index is 0.407. The van der Waals surface area contributed by atoms with E-state index in [4.69, 9.17) is 9.97 Å². The minimum absolute atomic E-state index is 0.407. The Morgan fingerprint density at radius 3 is 2.55 bits per heavy atom. The Bertz CT molecular complexity index is 966. The Labute approximate surface area is 174 Å². The SMILES string of the molecule is Cc1ccc2cccc(NC3CCCCC3NCc3cccc(C(C)C)n3)c2n1. The van der Waals surface area contributed by atoms with Gasteiger partial charge in [-0.2, -0.15) is 0 Å². The number of aryl methyl sites for hydroxylation is 1. The third-order valence-corrected chi connectivity index (χ3v) is 5.93. The van der Waals surface area contributed by atoms with Gasteiger partial charge in [-0.3, -0.25) is 9.97 Å². The summed E-state index contributed by atoms with van der Waals surface area (Å²) in [5.74, 6) is 0.460. The second-order valence-corrected chi connectivity index (χ2v) is 8.56. The van der Waals surface area contributed by atoms with Crippen LogP contribution in [0.3, 0.4) is 0 Å². The van der Waals surface area contributed by atoms with Gasteiger partial charge in [-0.15, -0.1) is 0 Å². The number of hydrogen-bond acceptors (Lipinski definition) is 4. The Hall–Kier alpha value is -2.46. The molecule has 2 heterocycles. The second kappa shape index (κ2) is 8.91. The first-order chi connectivity index (χ1) is 14.1. The van der Waals surface area contributed by atoms with Crippen LogP contribution < -0.4 is 10.6 Å². The van der Waals surface area contributed by atoms with E-state index < -0.39 is 0 Å². The van der Waals surface area contributed by atoms with Crippen molar-refractivity contribution in [1.82, 2.24) is 15.3 Å². The van der Waals surface area contributed by atoms with Crippen molar-refractivity contribution in [3.63, 3.8) is 0 Å². The topological polar surface area (TPSA) is 49.8 Å². The molecule has 4 heteroatoms. The van der Waals surface area contributed by atoms with Crippen LogP contribution >= 0.6 is 0 Å². The molecule has 2 aromatic heterocycles. The standard InChI is InChI=1S/C25H32N4/c1-17(2)21-12-7-9-20(28-21)16-26-22-10-4-5-11-23(22)29-24-13-6-8-19-15-14-18(3)27-25(19)24/h6-9,12-15,17,22-23,26,29H,4-5,10-11,16H2,1-3H3. The normalized spacial score (nSPS) is 19.6. The predicted octanol–water partition coefficient (Wildman–Crippen LogP) is 5.57. The van der Waals surface area contributed by atoms with Crippen LogP contribution in [0, 0.1) is 6.92 Å². The number of aromatic nitrogens is 2. The van der Waals surface area contributed by atoms with Crippen LogP contribution in [-0.4, -0.2) is 22.1 Å². The van der Waals surface area contributed by atoms with Crippen LogP contribution in [0.2, 0.25) is 0 Å². The summed E-state index contributed by atoms with van der Waals surface area (Å²) < 4.78 is 0. The third-order valence-electron chi connectivity index (χ3n) is 5.93. The van der Waals surface area contributed by atoms with Crippen molar-refractivity contribution < 1.29 is 0 Å². The number of hydrogen-bond donors (Lipinski definition) is 2. The minimum Gasteiger partial charge on any atom is -0.379 e. The maximum atomic E-state index is 4.82. The lowest BCUT2D eigenvalue weighted by molar-refractivity contribution is 0.341. The van der Waals surface area contributed by atoms with Crippen molar-refractivity contribution in [2.75, 3.05) is 5.32 Å². The fraction of sp³-hybridized carbons (Fsp3) is 0.440. The van der Waals surface area contributed by atoms with E-state index in [1.807, 2.05) is 0 Å². The molecular weight excluding hydrogens is 356 g/mol. The van der Waals surface area contributed by atoms with Crippen LogP contribution in [0.25, 0.3) is 10.9 Å². The number of nitrogens with one attached hydrogen (secondary N) is 2. The highest BCUT2D eigenvalue weighted by Crippen LogP contribution is 2.27. The van der Waals surface area contributed by atoms with E-state index in [0.29, 0.717) is 18.0 Å².